The normalized spacial score (nSPS) is 12.2. The Morgan fingerprint density at radius 3 is 2.85 bits per heavy atom. The molecular weight excluding hydrogens is 254 g/mol. The minimum absolute atomic E-state index is 0.0420. The summed E-state index contributed by atoms with van der Waals surface area (Å²) in [6.07, 6.45) is 2.81. The van der Waals surface area contributed by atoms with Gasteiger partial charge in [-0.25, -0.2) is 0 Å². The number of aryl methyl sites for hydroxylation is 2. The number of hydrogen-bond acceptors (Lipinski definition) is 4. The third-order valence-electron chi connectivity index (χ3n) is 3.31. The first-order valence-electron chi connectivity index (χ1n) is 6.71. The average Bonchev–Trinajstić information content (AvgIpc) is 2.79. The number of aromatic nitrogens is 2. The molecule has 0 radical (unpaired) electrons. The third kappa shape index (κ3) is 2.87. The van der Waals surface area contributed by atoms with E-state index >= 15 is 0 Å². The highest BCUT2D eigenvalue weighted by molar-refractivity contribution is 5.51. The van der Waals surface area contributed by atoms with E-state index in [1.54, 1.807) is 23.9 Å². The van der Waals surface area contributed by atoms with E-state index in [4.69, 9.17) is 4.74 Å². The predicted molar refractivity (Wildman–Crippen MR) is 79.3 cm³/mol. The number of nitrogens with zero attached hydrogens (tertiary/aromatic N) is 2. The lowest BCUT2D eigenvalue weighted by atomic mass is 10.1. The number of benzene rings is 1. The van der Waals surface area contributed by atoms with Gasteiger partial charge in [-0.2, -0.15) is 5.10 Å². The zero-order valence-electron chi connectivity index (χ0n) is 12.3. The van der Waals surface area contributed by atoms with Crippen LogP contribution in [-0.2, 0) is 13.5 Å². The molecule has 1 atom stereocenters. The molecule has 1 unspecified atom stereocenters. The molecule has 2 rings (SSSR count). The fraction of sp³-hybridized carbons (Fsp3) is 0.400. The summed E-state index contributed by atoms with van der Waals surface area (Å²) in [5.74, 6) is 0.987. The van der Waals surface area contributed by atoms with Crippen molar-refractivity contribution < 1.29 is 9.84 Å². The molecule has 0 fully saturated rings. The monoisotopic (exact) mass is 275 g/mol. The molecule has 108 valence electrons. The minimum atomic E-state index is -0.0420. The van der Waals surface area contributed by atoms with Gasteiger partial charge in [0.05, 0.1) is 24.5 Å². The zero-order valence-corrected chi connectivity index (χ0v) is 12.3. The van der Waals surface area contributed by atoms with Gasteiger partial charge in [-0.3, -0.25) is 4.68 Å². The molecule has 0 spiro atoms. The first-order chi connectivity index (χ1) is 9.55. The Balaban J connectivity index is 2.25. The second kappa shape index (κ2) is 5.86. The lowest BCUT2D eigenvalue weighted by Gasteiger charge is -2.17. The number of methoxy groups -OCH3 is 1. The number of hydrogen-bond donors (Lipinski definition) is 2. The van der Waals surface area contributed by atoms with Crippen LogP contribution in [0.4, 0.5) is 5.69 Å². The van der Waals surface area contributed by atoms with Crippen molar-refractivity contribution in [3.8, 4) is 11.5 Å². The highest BCUT2D eigenvalue weighted by atomic mass is 16.5. The van der Waals surface area contributed by atoms with E-state index in [1.807, 2.05) is 26.2 Å². The van der Waals surface area contributed by atoms with Gasteiger partial charge in [-0.15, -0.1) is 0 Å². The van der Waals surface area contributed by atoms with E-state index in [1.165, 1.54) is 0 Å². The molecule has 5 nitrogen and oxygen atoms in total. The minimum Gasteiger partial charge on any atom is -0.508 e. The van der Waals surface area contributed by atoms with Crippen molar-refractivity contribution in [2.24, 2.45) is 7.05 Å². The smallest absolute Gasteiger partial charge is 0.121 e. The van der Waals surface area contributed by atoms with Gasteiger partial charge in [0.15, 0.2) is 0 Å². The summed E-state index contributed by atoms with van der Waals surface area (Å²) in [5, 5.41) is 17.8. The molecule has 20 heavy (non-hydrogen) atoms. The van der Waals surface area contributed by atoms with Crippen LogP contribution in [0.1, 0.15) is 31.1 Å². The van der Waals surface area contributed by atoms with Crippen molar-refractivity contribution in [3.63, 3.8) is 0 Å². The van der Waals surface area contributed by atoms with Crippen molar-refractivity contribution in [1.29, 1.82) is 0 Å². The van der Waals surface area contributed by atoms with Gasteiger partial charge >= 0.3 is 0 Å². The Morgan fingerprint density at radius 2 is 2.20 bits per heavy atom. The van der Waals surface area contributed by atoms with Crippen molar-refractivity contribution in [2.45, 2.75) is 26.3 Å². The van der Waals surface area contributed by atoms with Gasteiger partial charge < -0.3 is 15.2 Å². The van der Waals surface area contributed by atoms with E-state index in [0.717, 1.165) is 29.1 Å². The van der Waals surface area contributed by atoms with Crippen LogP contribution in [0.5, 0.6) is 11.5 Å². The highest BCUT2D eigenvalue weighted by Gasteiger charge is 2.14. The van der Waals surface area contributed by atoms with Crippen LogP contribution in [0.3, 0.4) is 0 Å². The molecule has 0 saturated heterocycles. The molecular formula is C15H21N3O2. The van der Waals surface area contributed by atoms with Crippen LogP contribution in [0.25, 0.3) is 0 Å². The van der Waals surface area contributed by atoms with E-state index in [9.17, 15) is 5.11 Å². The Kier molecular flexibility index (Phi) is 4.17. The molecule has 0 amide bonds. The fourth-order valence-corrected chi connectivity index (χ4v) is 2.23. The van der Waals surface area contributed by atoms with Gasteiger partial charge in [0.2, 0.25) is 0 Å². The quantitative estimate of drug-likeness (QED) is 0.881. The zero-order chi connectivity index (χ0) is 14.7. The number of anilines is 1. The first-order valence-corrected chi connectivity index (χ1v) is 6.71. The predicted octanol–water partition coefficient (Wildman–Crippen LogP) is 2.87. The average molecular weight is 275 g/mol. The Morgan fingerprint density at radius 1 is 1.45 bits per heavy atom. The molecule has 2 N–H and O–H groups in total. The number of phenolic OH excluding ortho intramolecular Hbond substituents is 1. The summed E-state index contributed by atoms with van der Waals surface area (Å²) in [6.45, 7) is 4.07. The maximum absolute atomic E-state index is 9.99. The standard InChI is InChI=1S/C15H21N3O2/c1-5-13-14(9-18(3)17-13)16-10(2)12-8-11(20-4)6-7-15(12)19/h6-10,16,19H,5H2,1-4H3. The van der Waals surface area contributed by atoms with Gasteiger partial charge in [-0.1, -0.05) is 6.92 Å². The molecule has 0 aliphatic rings. The number of ether oxygens (including phenoxy) is 1. The highest BCUT2D eigenvalue weighted by Crippen LogP contribution is 2.31. The second-order valence-corrected chi connectivity index (χ2v) is 4.81. The van der Waals surface area contributed by atoms with Crippen LogP contribution in [-0.4, -0.2) is 22.0 Å². The topological polar surface area (TPSA) is 59.3 Å². The maximum atomic E-state index is 9.99. The molecule has 1 aromatic heterocycles. The Hall–Kier alpha value is -2.17. The second-order valence-electron chi connectivity index (χ2n) is 4.81. The summed E-state index contributed by atoms with van der Waals surface area (Å²) in [5.41, 5.74) is 2.81. The number of nitrogens with one attached hydrogen (secondary N) is 1. The van der Waals surface area contributed by atoms with Crippen LogP contribution >= 0.6 is 0 Å². The van der Waals surface area contributed by atoms with Crippen LogP contribution in [0.2, 0.25) is 0 Å². The summed E-state index contributed by atoms with van der Waals surface area (Å²) in [6, 6.07) is 5.19. The third-order valence-corrected chi connectivity index (χ3v) is 3.31. The SMILES string of the molecule is CCc1nn(C)cc1NC(C)c1cc(OC)ccc1O. The van der Waals surface area contributed by atoms with Crippen LogP contribution in [0, 0.1) is 0 Å². The summed E-state index contributed by atoms with van der Waals surface area (Å²) < 4.78 is 6.99. The number of aromatic hydroxyl groups is 1. The van der Waals surface area contributed by atoms with Crippen molar-refractivity contribution in [3.05, 3.63) is 35.7 Å². The number of phenols is 1. The molecule has 1 heterocycles. The fourth-order valence-electron chi connectivity index (χ4n) is 2.23. The molecule has 0 saturated carbocycles. The molecule has 0 aliphatic carbocycles. The van der Waals surface area contributed by atoms with Crippen LogP contribution < -0.4 is 10.1 Å². The van der Waals surface area contributed by atoms with Gasteiger partial charge in [-0.05, 0) is 31.5 Å². The largest absolute Gasteiger partial charge is 0.508 e. The van der Waals surface area contributed by atoms with E-state index < -0.39 is 0 Å². The molecule has 0 bridgehead atoms. The Bertz CT molecular complexity index is 593. The van der Waals surface area contributed by atoms with E-state index in [2.05, 4.69) is 17.3 Å². The number of rotatable bonds is 5. The van der Waals surface area contributed by atoms with Crippen molar-refractivity contribution >= 4 is 5.69 Å². The van der Waals surface area contributed by atoms with Gasteiger partial charge in [0.25, 0.3) is 0 Å². The first kappa shape index (κ1) is 14.2. The lowest BCUT2D eigenvalue weighted by molar-refractivity contribution is 0.410. The van der Waals surface area contributed by atoms with E-state index in [-0.39, 0.29) is 11.8 Å². The van der Waals surface area contributed by atoms with Gasteiger partial charge in [0.1, 0.15) is 11.5 Å². The molecule has 5 heteroatoms. The lowest BCUT2D eigenvalue weighted by Crippen LogP contribution is -2.08. The van der Waals surface area contributed by atoms with Gasteiger partial charge in [0, 0.05) is 18.8 Å². The summed E-state index contributed by atoms with van der Waals surface area (Å²) in [7, 11) is 3.52. The summed E-state index contributed by atoms with van der Waals surface area (Å²) in [4.78, 5) is 0. The Labute approximate surface area is 119 Å². The maximum Gasteiger partial charge on any atom is 0.121 e. The summed E-state index contributed by atoms with van der Waals surface area (Å²) >= 11 is 0. The molecule has 1 aromatic carbocycles. The molecule has 2 aromatic rings. The molecule has 0 aliphatic heterocycles. The van der Waals surface area contributed by atoms with E-state index in [0.29, 0.717) is 0 Å². The van der Waals surface area contributed by atoms with Crippen molar-refractivity contribution in [2.75, 3.05) is 12.4 Å². The van der Waals surface area contributed by atoms with Crippen molar-refractivity contribution in [1.82, 2.24) is 9.78 Å². The van der Waals surface area contributed by atoms with Crippen LogP contribution in [0.15, 0.2) is 24.4 Å².